The van der Waals surface area contributed by atoms with Gasteiger partial charge in [0.1, 0.15) is 0 Å². The number of aryl methyl sites for hydroxylation is 1. The summed E-state index contributed by atoms with van der Waals surface area (Å²) in [6.07, 6.45) is 0. The zero-order chi connectivity index (χ0) is 11.6. The number of aromatic nitrogens is 4. The Kier molecular flexibility index (Phi) is 2.93. The van der Waals surface area contributed by atoms with E-state index in [1.165, 1.54) is 11.6 Å². The average Bonchev–Trinajstić information content (AvgIpc) is 2.49. The number of anilines is 1. The summed E-state index contributed by atoms with van der Waals surface area (Å²) < 4.78 is 1.22. The van der Waals surface area contributed by atoms with Crippen LogP contribution >= 0.6 is 0 Å². The van der Waals surface area contributed by atoms with Gasteiger partial charge in [0.05, 0.1) is 0 Å². The maximum absolute atomic E-state index is 11.2. The van der Waals surface area contributed by atoms with E-state index >= 15 is 0 Å². The fourth-order valence-electron chi connectivity index (χ4n) is 1.12. The molecule has 2 heterocycles. The largest absolute Gasteiger partial charge is 0.369 e. The van der Waals surface area contributed by atoms with Crippen molar-refractivity contribution in [3.05, 3.63) is 20.8 Å². The molecule has 7 nitrogen and oxygen atoms in total. The Morgan fingerprint density at radius 2 is 1.87 bits per heavy atom. The lowest BCUT2D eigenvalue weighted by atomic mass is 10.5. The molecule has 0 fully saturated rings. The van der Waals surface area contributed by atoms with Crippen molar-refractivity contribution in [1.29, 1.82) is 0 Å². The number of imidazole rings is 1. The Balaban J connectivity index is 0.000000531. The number of nitrogen functional groups attached to an aromatic ring is 1. The first-order chi connectivity index (χ1) is 7.09. The standard InChI is InChI=1S/C6H7N5O2.C2H6/c1-11-3-2(8-6(11)13)4(12)10-5(7)9-3;1-2/h1H3,(H,8,13)(H3,7,9,10,12);1-2H3. The van der Waals surface area contributed by atoms with Crippen molar-refractivity contribution in [3.63, 3.8) is 0 Å². The highest BCUT2D eigenvalue weighted by molar-refractivity contribution is 5.70. The van der Waals surface area contributed by atoms with Gasteiger partial charge in [-0.25, -0.2) is 4.79 Å². The van der Waals surface area contributed by atoms with Crippen LogP contribution in [0, 0.1) is 0 Å². The van der Waals surface area contributed by atoms with E-state index in [1.807, 2.05) is 13.8 Å². The SMILES string of the molecule is CC.Cn1c(=O)[nH]c2c(=O)[nH]c(N)nc21. The van der Waals surface area contributed by atoms with E-state index in [9.17, 15) is 9.59 Å². The second-order valence-corrected chi connectivity index (χ2v) is 2.64. The van der Waals surface area contributed by atoms with Gasteiger partial charge in [0.2, 0.25) is 5.95 Å². The molecular formula is C8H13N5O2. The summed E-state index contributed by atoms with van der Waals surface area (Å²) in [5.41, 5.74) is 4.87. The molecule has 0 amide bonds. The number of nitrogens with one attached hydrogen (secondary N) is 2. The molecule has 4 N–H and O–H groups in total. The lowest BCUT2D eigenvalue weighted by molar-refractivity contribution is 0.878. The number of nitrogens with zero attached hydrogens (tertiary/aromatic N) is 2. The molecule has 0 bridgehead atoms. The molecular weight excluding hydrogens is 198 g/mol. The van der Waals surface area contributed by atoms with E-state index in [0.29, 0.717) is 0 Å². The molecule has 0 aliphatic rings. The molecule has 0 atom stereocenters. The minimum atomic E-state index is -0.444. The van der Waals surface area contributed by atoms with Gasteiger partial charge in [-0.05, 0) is 0 Å². The maximum atomic E-state index is 11.2. The minimum absolute atomic E-state index is 0.00731. The number of hydrogen-bond donors (Lipinski definition) is 3. The van der Waals surface area contributed by atoms with Crippen molar-refractivity contribution >= 4 is 17.1 Å². The molecule has 82 valence electrons. The molecule has 0 spiro atoms. The second-order valence-electron chi connectivity index (χ2n) is 2.64. The number of H-pyrrole nitrogens is 2. The van der Waals surface area contributed by atoms with Crippen LogP contribution in [0.4, 0.5) is 5.95 Å². The molecule has 15 heavy (non-hydrogen) atoms. The van der Waals surface area contributed by atoms with Crippen molar-refractivity contribution in [3.8, 4) is 0 Å². The third-order valence-electron chi connectivity index (χ3n) is 1.77. The van der Waals surface area contributed by atoms with Crippen molar-refractivity contribution < 1.29 is 0 Å². The highest BCUT2D eigenvalue weighted by Gasteiger charge is 2.08. The molecule has 0 saturated carbocycles. The first kappa shape index (κ1) is 11.0. The van der Waals surface area contributed by atoms with Gasteiger partial charge < -0.3 is 5.73 Å². The van der Waals surface area contributed by atoms with Crippen LogP contribution in [0.1, 0.15) is 13.8 Å². The van der Waals surface area contributed by atoms with E-state index in [1.54, 1.807) is 0 Å². The predicted molar refractivity (Wildman–Crippen MR) is 57.7 cm³/mol. The molecule has 0 aliphatic carbocycles. The van der Waals surface area contributed by atoms with E-state index in [4.69, 9.17) is 5.73 Å². The topological polar surface area (TPSA) is 110 Å². The molecule has 0 unspecified atom stereocenters. The Labute approximate surface area is 85.0 Å². The normalized spacial score (nSPS) is 9.80. The average molecular weight is 211 g/mol. The summed E-state index contributed by atoms with van der Waals surface area (Å²) in [4.78, 5) is 30.7. The summed E-state index contributed by atoms with van der Waals surface area (Å²) in [5.74, 6) is -0.00731. The molecule has 0 aliphatic heterocycles. The van der Waals surface area contributed by atoms with E-state index in [0.717, 1.165) is 0 Å². The molecule has 0 aromatic carbocycles. The Morgan fingerprint density at radius 3 is 2.47 bits per heavy atom. The van der Waals surface area contributed by atoms with Gasteiger partial charge in [-0.2, -0.15) is 4.98 Å². The summed E-state index contributed by atoms with van der Waals surface area (Å²) in [7, 11) is 1.51. The van der Waals surface area contributed by atoms with Gasteiger partial charge in [-0.15, -0.1) is 0 Å². The summed E-state index contributed by atoms with van der Waals surface area (Å²) in [6, 6.07) is 0. The highest BCUT2D eigenvalue weighted by Crippen LogP contribution is 1.99. The number of aromatic amines is 2. The summed E-state index contributed by atoms with van der Waals surface area (Å²) in [5, 5.41) is 0. The zero-order valence-electron chi connectivity index (χ0n) is 8.79. The molecule has 2 aromatic heterocycles. The van der Waals surface area contributed by atoms with Crippen LogP contribution in [0.25, 0.3) is 11.2 Å². The van der Waals surface area contributed by atoms with Gasteiger partial charge >= 0.3 is 5.69 Å². The minimum Gasteiger partial charge on any atom is -0.369 e. The Bertz CT molecular complexity index is 577. The van der Waals surface area contributed by atoms with Crippen molar-refractivity contribution in [2.45, 2.75) is 13.8 Å². The Morgan fingerprint density at radius 1 is 1.27 bits per heavy atom. The van der Waals surface area contributed by atoms with Gasteiger partial charge in [-0.3, -0.25) is 19.3 Å². The first-order valence-corrected chi connectivity index (χ1v) is 4.54. The van der Waals surface area contributed by atoms with Gasteiger partial charge in [0, 0.05) is 7.05 Å². The highest BCUT2D eigenvalue weighted by atomic mass is 16.1. The Hall–Kier alpha value is -2.05. The number of rotatable bonds is 0. The van der Waals surface area contributed by atoms with E-state index in [-0.39, 0.29) is 17.1 Å². The number of nitrogens with two attached hydrogens (primary N) is 1. The molecule has 2 rings (SSSR count). The third-order valence-corrected chi connectivity index (χ3v) is 1.77. The smallest absolute Gasteiger partial charge is 0.327 e. The lowest BCUT2D eigenvalue weighted by Gasteiger charge is -1.93. The zero-order valence-corrected chi connectivity index (χ0v) is 8.79. The van der Waals surface area contributed by atoms with Crippen LogP contribution in [0.2, 0.25) is 0 Å². The predicted octanol–water partition coefficient (Wildman–Crippen LogP) is -0.442. The quantitative estimate of drug-likeness (QED) is 0.548. The van der Waals surface area contributed by atoms with E-state index < -0.39 is 11.2 Å². The third kappa shape index (κ3) is 1.76. The number of fused-ring (bicyclic) bond motifs is 1. The van der Waals surface area contributed by atoms with Crippen LogP contribution in [-0.2, 0) is 7.05 Å². The first-order valence-electron chi connectivity index (χ1n) is 4.54. The van der Waals surface area contributed by atoms with Gasteiger partial charge in [0.25, 0.3) is 5.56 Å². The van der Waals surface area contributed by atoms with Crippen LogP contribution < -0.4 is 17.0 Å². The lowest BCUT2D eigenvalue weighted by Crippen LogP contribution is -2.12. The van der Waals surface area contributed by atoms with E-state index in [2.05, 4.69) is 15.0 Å². The summed E-state index contributed by atoms with van der Waals surface area (Å²) >= 11 is 0. The molecule has 7 heteroatoms. The summed E-state index contributed by atoms with van der Waals surface area (Å²) in [6.45, 7) is 4.00. The fraction of sp³-hybridized carbons (Fsp3) is 0.375. The van der Waals surface area contributed by atoms with Gasteiger partial charge in [-0.1, -0.05) is 13.8 Å². The molecule has 0 saturated heterocycles. The van der Waals surface area contributed by atoms with Crippen LogP contribution in [0.3, 0.4) is 0 Å². The molecule has 2 aromatic rings. The number of hydrogen-bond acceptors (Lipinski definition) is 4. The van der Waals surface area contributed by atoms with Crippen LogP contribution in [-0.4, -0.2) is 19.5 Å². The molecule has 0 radical (unpaired) electrons. The second kappa shape index (κ2) is 3.99. The monoisotopic (exact) mass is 211 g/mol. The van der Waals surface area contributed by atoms with Crippen molar-refractivity contribution in [2.24, 2.45) is 7.05 Å². The maximum Gasteiger partial charge on any atom is 0.327 e. The van der Waals surface area contributed by atoms with Crippen LogP contribution in [0.15, 0.2) is 9.59 Å². The van der Waals surface area contributed by atoms with Crippen molar-refractivity contribution in [2.75, 3.05) is 5.73 Å². The van der Waals surface area contributed by atoms with Crippen molar-refractivity contribution in [1.82, 2.24) is 19.5 Å². The fourth-order valence-corrected chi connectivity index (χ4v) is 1.12. The van der Waals surface area contributed by atoms with Crippen LogP contribution in [0.5, 0.6) is 0 Å². The van der Waals surface area contributed by atoms with Gasteiger partial charge in [0.15, 0.2) is 11.2 Å².